The molecule has 0 aliphatic carbocycles. The van der Waals surface area contributed by atoms with Gasteiger partial charge in [-0.1, -0.05) is 138 Å². The third-order valence-corrected chi connectivity index (χ3v) is 9.48. The van der Waals surface area contributed by atoms with Crippen LogP contribution < -0.4 is 5.32 Å². The second-order valence-corrected chi connectivity index (χ2v) is 15.6. The first-order valence-electron chi connectivity index (χ1n) is 16.6. The van der Waals surface area contributed by atoms with Gasteiger partial charge >= 0.3 is 0 Å². The van der Waals surface area contributed by atoms with Gasteiger partial charge < -0.3 is 10.2 Å². The van der Waals surface area contributed by atoms with Crippen molar-refractivity contribution in [2.45, 2.75) is 53.6 Å². The lowest BCUT2D eigenvalue weighted by molar-refractivity contribution is -0.139. The number of hydrogen-bond donors (Lipinski definition) is 1. The highest BCUT2D eigenvalue weighted by atomic mass is 35.5. The molecular weight excluding hydrogens is 709 g/mol. The van der Waals surface area contributed by atoms with Crippen LogP contribution in [0.1, 0.15) is 75.9 Å². The summed E-state index contributed by atoms with van der Waals surface area (Å²) in [6.07, 6.45) is 4.12. The molecule has 4 nitrogen and oxygen atoms in total. The molecule has 0 saturated carbocycles. The summed E-state index contributed by atoms with van der Waals surface area (Å²) in [4.78, 5) is 25.0. The molecule has 9 heteroatoms. The number of halogens is 5. The molecule has 2 aliphatic rings. The van der Waals surface area contributed by atoms with E-state index in [1.54, 1.807) is 32.9 Å². The van der Waals surface area contributed by atoms with Gasteiger partial charge in [0.2, 0.25) is 11.1 Å². The molecule has 2 atom stereocenters. The second-order valence-electron chi connectivity index (χ2n) is 14.5. The highest BCUT2D eigenvalue weighted by molar-refractivity contribution is 6.64. The fraction of sp³-hybridized carbons (Fsp3) is 0.286. The Bertz CT molecular complexity index is 1900. The Morgan fingerprint density at radius 3 is 1.63 bits per heavy atom. The maximum absolute atomic E-state index is 13.7. The maximum atomic E-state index is 13.7. The lowest BCUT2D eigenvalue weighted by Gasteiger charge is -2.31. The molecule has 2 unspecified atom stereocenters. The minimum atomic E-state index is -0.498. The van der Waals surface area contributed by atoms with E-state index in [4.69, 9.17) is 34.8 Å². The quantitative estimate of drug-likeness (QED) is 0.211. The van der Waals surface area contributed by atoms with Crippen LogP contribution in [0.3, 0.4) is 0 Å². The van der Waals surface area contributed by atoms with Crippen LogP contribution in [0.4, 0.5) is 8.78 Å². The zero-order valence-electron chi connectivity index (χ0n) is 29.6. The number of amides is 1. The van der Waals surface area contributed by atoms with Crippen molar-refractivity contribution in [3.8, 4) is 0 Å². The Kier molecular flexibility index (Phi) is 13.4. The number of nitrogens with zero attached hydrogens (tertiary/aromatic N) is 1. The van der Waals surface area contributed by atoms with Crippen LogP contribution in [0.2, 0.25) is 10.0 Å². The van der Waals surface area contributed by atoms with Gasteiger partial charge in [0.15, 0.2) is 0 Å². The molecule has 0 aromatic heterocycles. The largest absolute Gasteiger partial charge is 0.327 e. The van der Waals surface area contributed by atoms with Gasteiger partial charge in [-0.15, -0.1) is 0 Å². The summed E-state index contributed by atoms with van der Waals surface area (Å²) in [5, 5.41) is 4.19. The number of benzene rings is 4. The van der Waals surface area contributed by atoms with Crippen molar-refractivity contribution >= 4 is 57.1 Å². The van der Waals surface area contributed by atoms with Gasteiger partial charge in [-0.05, 0) is 70.3 Å². The molecule has 0 fully saturated rings. The van der Waals surface area contributed by atoms with Gasteiger partial charge in [0.1, 0.15) is 11.6 Å². The van der Waals surface area contributed by atoms with Crippen molar-refractivity contribution < 1.29 is 18.4 Å². The average Bonchev–Trinajstić information content (AvgIpc) is 3.76. The van der Waals surface area contributed by atoms with E-state index in [-0.39, 0.29) is 40.3 Å². The molecule has 1 amide bonds. The summed E-state index contributed by atoms with van der Waals surface area (Å²) in [7, 11) is 0. The van der Waals surface area contributed by atoms with E-state index in [0.29, 0.717) is 28.7 Å². The van der Waals surface area contributed by atoms with E-state index >= 15 is 0 Å². The van der Waals surface area contributed by atoms with Gasteiger partial charge in [-0.2, -0.15) is 0 Å². The fourth-order valence-electron chi connectivity index (χ4n) is 5.43. The molecule has 4 aromatic rings. The number of carbonyl (C=O) groups is 2. The lowest BCUT2D eigenvalue weighted by atomic mass is 9.93. The van der Waals surface area contributed by atoms with E-state index in [1.165, 1.54) is 29.8 Å². The minimum Gasteiger partial charge on any atom is -0.327 e. The summed E-state index contributed by atoms with van der Waals surface area (Å²) >= 11 is 17.5. The molecule has 2 heterocycles. The highest BCUT2D eigenvalue weighted by Gasteiger charge is 2.36. The van der Waals surface area contributed by atoms with Crippen molar-refractivity contribution in [1.82, 2.24) is 10.2 Å². The zero-order chi connectivity index (χ0) is 37.5. The van der Waals surface area contributed by atoms with Crippen molar-refractivity contribution in [2.75, 3.05) is 13.1 Å². The second kappa shape index (κ2) is 17.1. The SMILES string of the molecule is CC(C)(C)C(=O)Cl.CC(C)(C)C(=O)N1CC(c2cc(F)ccc2Cl)=CC1c1ccccc1.Fc1ccc(Cl)c(C2=CC(c3ccccc3)NC2)c1. The zero-order valence-corrected chi connectivity index (χ0v) is 31.9. The molecule has 0 spiro atoms. The predicted octanol–water partition coefficient (Wildman–Crippen LogP) is 11.5. The van der Waals surface area contributed by atoms with Gasteiger partial charge in [0.05, 0.1) is 12.1 Å². The van der Waals surface area contributed by atoms with E-state index in [2.05, 4.69) is 23.5 Å². The molecule has 51 heavy (non-hydrogen) atoms. The van der Waals surface area contributed by atoms with Crippen LogP contribution >= 0.6 is 34.8 Å². The normalized spacial score (nSPS) is 17.0. The maximum Gasteiger partial charge on any atom is 0.229 e. The Balaban J connectivity index is 0.000000198. The summed E-state index contributed by atoms with van der Waals surface area (Å²) < 4.78 is 27.0. The number of hydrogen-bond acceptors (Lipinski definition) is 3. The minimum absolute atomic E-state index is 0.0557. The van der Waals surface area contributed by atoms with Crippen molar-refractivity contribution in [1.29, 1.82) is 0 Å². The van der Waals surface area contributed by atoms with Crippen molar-refractivity contribution in [3.05, 3.63) is 153 Å². The molecule has 4 aromatic carbocycles. The summed E-state index contributed by atoms with van der Waals surface area (Å²) in [5.74, 6) is -0.541. The van der Waals surface area contributed by atoms with E-state index in [0.717, 1.165) is 22.3 Å². The van der Waals surface area contributed by atoms with Crippen molar-refractivity contribution in [3.63, 3.8) is 0 Å². The molecule has 0 bridgehead atoms. The number of nitrogens with one attached hydrogen (secondary N) is 1. The van der Waals surface area contributed by atoms with Gasteiger partial charge in [-0.25, -0.2) is 8.78 Å². The topological polar surface area (TPSA) is 49.4 Å². The third-order valence-electron chi connectivity index (χ3n) is 8.26. The van der Waals surface area contributed by atoms with Crippen LogP contribution in [0.25, 0.3) is 11.1 Å². The number of carbonyl (C=O) groups excluding carboxylic acids is 2. The van der Waals surface area contributed by atoms with Crippen LogP contribution in [0.5, 0.6) is 0 Å². The molecular formula is C42H43Cl3F2N2O2. The van der Waals surface area contributed by atoms with Crippen LogP contribution in [-0.2, 0) is 9.59 Å². The van der Waals surface area contributed by atoms with Crippen molar-refractivity contribution in [2.24, 2.45) is 10.8 Å². The molecule has 0 radical (unpaired) electrons. The Morgan fingerprint density at radius 1 is 0.686 bits per heavy atom. The van der Waals surface area contributed by atoms with Crippen LogP contribution in [0, 0.1) is 22.5 Å². The first-order chi connectivity index (χ1) is 24.0. The monoisotopic (exact) mass is 750 g/mol. The molecule has 268 valence electrons. The highest BCUT2D eigenvalue weighted by Crippen LogP contribution is 2.39. The third kappa shape index (κ3) is 10.8. The standard InChI is InChI=1S/C21H21ClFNO.C16H13ClFN.C5H9ClO/c1-21(2,3)20(25)24-13-15(17-12-16(23)9-10-18(17)22)11-19(24)14-7-5-4-6-8-14;17-15-7-6-13(18)9-14(15)12-8-16(19-10-12)11-4-2-1-3-5-11;1-5(2,3)4(6)7/h4-12,19H,13H2,1-3H3;1-9,16,19H,10H2;1-3H3. The summed E-state index contributed by atoms with van der Waals surface area (Å²) in [5.41, 5.74) is 4.69. The number of rotatable bonds is 4. The van der Waals surface area contributed by atoms with Gasteiger partial charge in [0, 0.05) is 45.1 Å². The Morgan fingerprint density at radius 2 is 1.16 bits per heavy atom. The summed E-state index contributed by atoms with van der Waals surface area (Å²) in [6.45, 7) is 12.2. The molecule has 1 N–H and O–H groups in total. The van der Waals surface area contributed by atoms with E-state index in [9.17, 15) is 18.4 Å². The van der Waals surface area contributed by atoms with Gasteiger partial charge in [0.25, 0.3) is 0 Å². The Hall–Kier alpha value is -3.81. The van der Waals surface area contributed by atoms with E-state index in [1.807, 2.05) is 80.3 Å². The average molecular weight is 752 g/mol. The first kappa shape index (κ1) is 40.0. The first-order valence-corrected chi connectivity index (χ1v) is 17.8. The van der Waals surface area contributed by atoms with Crippen LogP contribution in [-0.4, -0.2) is 29.1 Å². The predicted molar refractivity (Wildman–Crippen MR) is 207 cm³/mol. The fourth-order valence-corrected chi connectivity index (χ4v) is 5.91. The molecule has 6 rings (SSSR count). The molecule has 0 saturated heterocycles. The molecule has 2 aliphatic heterocycles. The smallest absolute Gasteiger partial charge is 0.229 e. The van der Waals surface area contributed by atoms with Gasteiger partial charge in [-0.3, -0.25) is 9.59 Å². The Labute approximate surface area is 315 Å². The lowest BCUT2D eigenvalue weighted by Crippen LogP contribution is -2.39. The van der Waals surface area contributed by atoms with E-state index < -0.39 is 5.41 Å². The van der Waals surface area contributed by atoms with Crippen LogP contribution in [0.15, 0.2) is 109 Å². The summed E-state index contributed by atoms with van der Waals surface area (Å²) in [6, 6.07) is 28.8.